The maximum Gasteiger partial charge on any atom is 0.387 e. The van der Waals surface area contributed by atoms with Crippen molar-refractivity contribution in [3.8, 4) is 5.75 Å². The topological polar surface area (TPSA) is 64.4 Å². The van der Waals surface area contributed by atoms with Crippen LogP contribution in [0.5, 0.6) is 5.75 Å². The fraction of sp³-hybridized carbons (Fsp3) is 0.417. The van der Waals surface area contributed by atoms with Crippen molar-refractivity contribution in [3.05, 3.63) is 24.0 Å². The summed E-state index contributed by atoms with van der Waals surface area (Å²) in [5.41, 5.74) is 5.11. The van der Waals surface area contributed by atoms with E-state index in [2.05, 4.69) is 10.1 Å². The van der Waals surface area contributed by atoms with Gasteiger partial charge < -0.3 is 15.8 Å². The van der Waals surface area contributed by atoms with Crippen molar-refractivity contribution < 1.29 is 22.7 Å². The van der Waals surface area contributed by atoms with E-state index < -0.39 is 29.6 Å². The van der Waals surface area contributed by atoms with Gasteiger partial charge in [0.05, 0.1) is 0 Å². The second kappa shape index (κ2) is 5.92. The number of rotatable bonds is 5. The Morgan fingerprint density at radius 3 is 2.58 bits per heavy atom. The molecule has 0 saturated heterocycles. The summed E-state index contributed by atoms with van der Waals surface area (Å²) >= 11 is 0. The maximum atomic E-state index is 13.4. The summed E-state index contributed by atoms with van der Waals surface area (Å²) in [5, 5.41) is 2.42. The molecule has 0 aliphatic carbocycles. The minimum Gasteiger partial charge on any atom is -0.432 e. The van der Waals surface area contributed by atoms with Crippen molar-refractivity contribution in [1.82, 2.24) is 0 Å². The van der Waals surface area contributed by atoms with Crippen LogP contribution in [0.4, 0.5) is 18.9 Å². The van der Waals surface area contributed by atoms with Crippen LogP contribution >= 0.6 is 0 Å². The van der Waals surface area contributed by atoms with Gasteiger partial charge in [-0.05, 0) is 26.0 Å². The number of nitrogens with two attached hydrogens (primary N) is 1. The molecule has 1 amide bonds. The molecule has 1 aromatic rings. The zero-order chi connectivity index (χ0) is 14.6. The van der Waals surface area contributed by atoms with E-state index in [4.69, 9.17) is 5.73 Å². The summed E-state index contributed by atoms with van der Waals surface area (Å²) in [4.78, 5) is 11.5. The van der Waals surface area contributed by atoms with E-state index >= 15 is 0 Å². The molecule has 19 heavy (non-hydrogen) atoms. The van der Waals surface area contributed by atoms with Crippen LogP contribution in [0.1, 0.15) is 20.3 Å². The molecule has 1 aromatic carbocycles. The zero-order valence-corrected chi connectivity index (χ0v) is 10.5. The third-order valence-corrected chi connectivity index (χ3v) is 2.05. The van der Waals surface area contributed by atoms with Gasteiger partial charge in [0, 0.05) is 23.7 Å². The molecule has 0 bridgehead atoms. The van der Waals surface area contributed by atoms with Crippen molar-refractivity contribution in [1.29, 1.82) is 0 Å². The number of hydrogen-bond acceptors (Lipinski definition) is 3. The molecule has 1 rings (SSSR count). The van der Waals surface area contributed by atoms with E-state index in [-0.39, 0.29) is 12.1 Å². The second-order valence-electron chi connectivity index (χ2n) is 4.74. The molecule has 4 nitrogen and oxygen atoms in total. The lowest BCUT2D eigenvalue weighted by molar-refractivity contribution is -0.117. The fourth-order valence-corrected chi connectivity index (χ4v) is 1.39. The molecule has 0 aliphatic heterocycles. The van der Waals surface area contributed by atoms with Crippen LogP contribution in [-0.4, -0.2) is 18.1 Å². The van der Waals surface area contributed by atoms with Crippen LogP contribution in [0.25, 0.3) is 0 Å². The molecule has 106 valence electrons. The molecule has 7 heteroatoms. The largest absolute Gasteiger partial charge is 0.432 e. The van der Waals surface area contributed by atoms with Gasteiger partial charge in [-0.2, -0.15) is 8.78 Å². The lowest BCUT2D eigenvalue weighted by Crippen LogP contribution is -2.36. The number of ether oxygens (including phenoxy) is 1. The molecule has 0 spiro atoms. The standard InChI is InChI=1S/C12H15F3N2O2/c1-12(2,16)6-10(18)17-7-3-4-9(8(13)5-7)19-11(14)15/h3-5,11H,6,16H2,1-2H3,(H,17,18). The Labute approximate surface area is 108 Å². The average Bonchev–Trinajstić information content (AvgIpc) is 2.18. The number of anilines is 1. The molecule has 0 atom stereocenters. The molecule has 0 radical (unpaired) electrons. The molecule has 0 aromatic heterocycles. The van der Waals surface area contributed by atoms with Gasteiger partial charge in [0.15, 0.2) is 11.6 Å². The quantitative estimate of drug-likeness (QED) is 0.868. The van der Waals surface area contributed by atoms with Crippen LogP contribution in [0.2, 0.25) is 0 Å². The highest BCUT2D eigenvalue weighted by atomic mass is 19.3. The summed E-state index contributed by atoms with van der Waals surface area (Å²) in [6.07, 6.45) is 0.0455. The minimum absolute atomic E-state index is 0.0455. The van der Waals surface area contributed by atoms with E-state index in [0.29, 0.717) is 0 Å². The van der Waals surface area contributed by atoms with E-state index in [1.807, 2.05) is 0 Å². The third-order valence-electron chi connectivity index (χ3n) is 2.05. The predicted molar refractivity (Wildman–Crippen MR) is 64.5 cm³/mol. The number of carbonyl (C=O) groups is 1. The van der Waals surface area contributed by atoms with Crippen LogP contribution in [0.3, 0.4) is 0 Å². The van der Waals surface area contributed by atoms with Crippen molar-refractivity contribution in [3.63, 3.8) is 0 Å². The normalized spacial score (nSPS) is 11.5. The molecular weight excluding hydrogens is 261 g/mol. The highest BCUT2D eigenvalue weighted by Crippen LogP contribution is 2.23. The van der Waals surface area contributed by atoms with Crippen LogP contribution in [0, 0.1) is 5.82 Å². The highest BCUT2D eigenvalue weighted by molar-refractivity contribution is 5.91. The lowest BCUT2D eigenvalue weighted by atomic mass is 10.0. The van der Waals surface area contributed by atoms with Crippen molar-refractivity contribution in [2.24, 2.45) is 5.73 Å². The van der Waals surface area contributed by atoms with Gasteiger partial charge in [-0.3, -0.25) is 4.79 Å². The smallest absolute Gasteiger partial charge is 0.387 e. The highest BCUT2D eigenvalue weighted by Gasteiger charge is 2.17. The van der Waals surface area contributed by atoms with Crippen LogP contribution in [0.15, 0.2) is 18.2 Å². The number of amides is 1. The average molecular weight is 276 g/mol. The monoisotopic (exact) mass is 276 g/mol. The SMILES string of the molecule is CC(C)(N)CC(=O)Nc1ccc(OC(F)F)c(F)c1. The first-order chi connectivity index (χ1) is 8.67. The number of alkyl halides is 2. The first-order valence-corrected chi connectivity index (χ1v) is 5.50. The van der Waals surface area contributed by atoms with Gasteiger partial charge in [0.2, 0.25) is 5.91 Å². The van der Waals surface area contributed by atoms with Gasteiger partial charge >= 0.3 is 6.61 Å². The third kappa shape index (κ3) is 5.60. The lowest BCUT2D eigenvalue weighted by Gasteiger charge is -2.17. The Hall–Kier alpha value is -1.76. The van der Waals surface area contributed by atoms with Gasteiger partial charge in [-0.15, -0.1) is 0 Å². The summed E-state index contributed by atoms with van der Waals surface area (Å²) in [6.45, 7) is 0.243. The van der Waals surface area contributed by atoms with Gasteiger partial charge in [0.25, 0.3) is 0 Å². The van der Waals surface area contributed by atoms with E-state index in [1.165, 1.54) is 6.07 Å². The number of nitrogens with one attached hydrogen (secondary N) is 1. The molecule has 0 unspecified atom stereocenters. The summed E-state index contributed by atoms with van der Waals surface area (Å²) in [7, 11) is 0. The predicted octanol–water partition coefficient (Wildman–Crippen LogP) is 2.49. The van der Waals surface area contributed by atoms with Gasteiger partial charge in [-0.1, -0.05) is 0 Å². The molecule has 0 fully saturated rings. The first-order valence-electron chi connectivity index (χ1n) is 5.50. The van der Waals surface area contributed by atoms with Crippen molar-refractivity contribution in [2.45, 2.75) is 32.4 Å². The second-order valence-corrected chi connectivity index (χ2v) is 4.74. The molecule has 3 N–H and O–H groups in total. The number of benzene rings is 1. The van der Waals surface area contributed by atoms with Gasteiger partial charge in [-0.25, -0.2) is 4.39 Å². The van der Waals surface area contributed by atoms with E-state index in [9.17, 15) is 18.0 Å². The Morgan fingerprint density at radius 1 is 1.47 bits per heavy atom. The molecule has 0 saturated carbocycles. The Bertz CT molecular complexity index is 459. The minimum atomic E-state index is -3.10. The number of carbonyl (C=O) groups excluding carboxylic acids is 1. The van der Waals surface area contributed by atoms with E-state index in [1.54, 1.807) is 13.8 Å². The molecule has 0 heterocycles. The maximum absolute atomic E-state index is 13.4. The molecular formula is C12H15F3N2O2. The van der Waals surface area contributed by atoms with Crippen LogP contribution in [-0.2, 0) is 4.79 Å². The van der Waals surface area contributed by atoms with Crippen molar-refractivity contribution >= 4 is 11.6 Å². The van der Waals surface area contributed by atoms with E-state index in [0.717, 1.165) is 12.1 Å². The number of hydrogen-bond donors (Lipinski definition) is 2. The first kappa shape index (κ1) is 15.3. The Kier molecular flexibility index (Phi) is 4.77. The Balaban J connectivity index is 2.71. The summed E-state index contributed by atoms with van der Waals surface area (Å²) in [6, 6.07) is 3.19. The zero-order valence-electron chi connectivity index (χ0n) is 10.5. The summed E-state index contributed by atoms with van der Waals surface area (Å²) < 4.78 is 41.2. The van der Waals surface area contributed by atoms with Crippen molar-refractivity contribution in [2.75, 3.05) is 5.32 Å². The summed E-state index contributed by atoms with van der Waals surface area (Å²) in [5.74, 6) is -1.95. The Morgan fingerprint density at radius 2 is 2.11 bits per heavy atom. The van der Waals surface area contributed by atoms with Crippen LogP contribution < -0.4 is 15.8 Å². The molecule has 0 aliphatic rings. The van der Waals surface area contributed by atoms with Gasteiger partial charge in [0.1, 0.15) is 0 Å². The fourth-order valence-electron chi connectivity index (χ4n) is 1.39. The number of halogens is 3.